The molecule has 2 rings (SSSR count). The number of carbonyl (C=O) groups excluding carboxylic acids is 1. The van der Waals surface area contributed by atoms with E-state index in [0.717, 1.165) is 11.0 Å². The van der Waals surface area contributed by atoms with Gasteiger partial charge in [0.2, 0.25) is 5.91 Å². The zero-order valence-electron chi connectivity index (χ0n) is 12.3. The Morgan fingerprint density at radius 1 is 1.04 bits per heavy atom. The predicted molar refractivity (Wildman–Crippen MR) is 85.3 cm³/mol. The molecule has 2 N–H and O–H groups in total. The Bertz CT molecular complexity index is 787. The summed E-state index contributed by atoms with van der Waals surface area (Å²) in [6.45, 7) is 0. The highest BCUT2D eigenvalue weighted by molar-refractivity contribution is 9.12. The van der Waals surface area contributed by atoms with Crippen molar-refractivity contribution in [2.45, 2.75) is 22.1 Å². The molecule has 0 spiro atoms. The number of aromatic nitrogens is 3. The van der Waals surface area contributed by atoms with Gasteiger partial charge in [0.25, 0.3) is 0 Å². The number of hydrogen-bond donors (Lipinski definition) is 1. The Labute approximate surface area is 158 Å². The molecule has 0 bridgehead atoms. The summed E-state index contributed by atoms with van der Waals surface area (Å²) in [7, 11) is 0. The zero-order valence-corrected chi connectivity index (χ0v) is 15.5. The number of halogens is 8. The number of primary amides is 1. The second kappa shape index (κ2) is 7.18. The van der Waals surface area contributed by atoms with Gasteiger partial charge >= 0.3 is 12.4 Å². The molecule has 1 amide bonds. The molecule has 1 aromatic heterocycles. The number of nitrogens with two attached hydrogens (primary N) is 1. The average Bonchev–Trinajstić information content (AvgIpc) is 3.01. The van der Waals surface area contributed by atoms with Crippen LogP contribution in [0.1, 0.15) is 16.1 Å². The first-order chi connectivity index (χ1) is 11.8. The summed E-state index contributed by atoms with van der Waals surface area (Å²) >= 11 is 6.06. The van der Waals surface area contributed by atoms with E-state index in [1.807, 2.05) is 0 Å². The number of hydrogen-bond acceptors (Lipinski definition) is 3. The van der Waals surface area contributed by atoms with Crippen molar-refractivity contribution in [3.05, 3.63) is 35.7 Å². The Balaban J connectivity index is 2.50. The average molecular weight is 510 g/mol. The van der Waals surface area contributed by atoms with Crippen molar-refractivity contribution in [2.24, 2.45) is 5.73 Å². The van der Waals surface area contributed by atoms with Crippen LogP contribution in [0.25, 0.3) is 11.4 Å². The topological polar surface area (TPSA) is 73.8 Å². The quantitative estimate of drug-likeness (QED) is 0.497. The molecule has 2 unspecified atom stereocenters. The minimum atomic E-state index is -4.98. The fourth-order valence-corrected chi connectivity index (χ4v) is 2.58. The second-order valence-corrected chi connectivity index (χ2v) is 6.94. The third-order valence-corrected chi connectivity index (χ3v) is 5.73. The fourth-order valence-electron chi connectivity index (χ4n) is 1.88. The summed E-state index contributed by atoms with van der Waals surface area (Å²) in [5.74, 6) is -1.14. The highest BCUT2D eigenvalue weighted by Crippen LogP contribution is 2.38. The molecular formula is C13H8Br2F6N4O. The Hall–Kier alpha value is -1.63. The molecule has 0 aliphatic heterocycles. The zero-order chi connectivity index (χ0) is 19.9. The summed E-state index contributed by atoms with van der Waals surface area (Å²) in [6, 6.07) is 1.03. The molecule has 0 aliphatic rings. The molecule has 2 atom stereocenters. The van der Waals surface area contributed by atoms with Gasteiger partial charge in [0.1, 0.15) is 16.1 Å². The van der Waals surface area contributed by atoms with Gasteiger partial charge in [0.15, 0.2) is 5.82 Å². The molecule has 2 aromatic rings. The van der Waals surface area contributed by atoms with Crippen molar-refractivity contribution in [1.82, 2.24) is 14.8 Å². The van der Waals surface area contributed by atoms with Crippen LogP contribution in [0.4, 0.5) is 26.3 Å². The van der Waals surface area contributed by atoms with Gasteiger partial charge in [-0.3, -0.25) is 4.79 Å². The van der Waals surface area contributed by atoms with Gasteiger partial charge < -0.3 is 5.73 Å². The summed E-state index contributed by atoms with van der Waals surface area (Å²) in [5.41, 5.74) is 1.66. The predicted octanol–water partition coefficient (Wildman–Crippen LogP) is 4.13. The van der Waals surface area contributed by atoms with Crippen LogP contribution in [-0.2, 0) is 17.1 Å². The van der Waals surface area contributed by atoms with Gasteiger partial charge in [-0.2, -0.15) is 26.3 Å². The molecule has 13 heteroatoms. The lowest BCUT2D eigenvalue weighted by molar-refractivity contribution is -0.143. The van der Waals surface area contributed by atoms with E-state index < -0.39 is 44.7 Å². The number of rotatable bonds is 4. The van der Waals surface area contributed by atoms with E-state index in [1.165, 1.54) is 0 Å². The van der Waals surface area contributed by atoms with E-state index in [4.69, 9.17) is 5.73 Å². The van der Waals surface area contributed by atoms with Crippen LogP contribution >= 0.6 is 31.9 Å². The minimum Gasteiger partial charge on any atom is -0.369 e. The Kier molecular flexibility index (Phi) is 5.71. The first kappa shape index (κ1) is 20.7. The molecular weight excluding hydrogens is 502 g/mol. The summed E-state index contributed by atoms with van der Waals surface area (Å²) in [6.07, 6.45) is -8.92. The second-order valence-electron chi connectivity index (χ2n) is 5.02. The van der Waals surface area contributed by atoms with Gasteiger partial charge in [-0.25, -0.2) is 9.67 Å². The largest absolute Gasteiger partial charge is 0.416 e. The summed E-state index contributed by atoms with van der Waals surface area (Å²) in [4.78, 5) is 13.1. The van der Waals surface area contributed by atoms with Gasteiger partial charge in [-0.15, -0.1) is 5.10 Å². The summed E-state index contributed by atoms with van der Waals surface area (Å²) in [5, 5.41) is 3.82. The molecule has 26 heavy (non-hydrogen) atoms. The van der Waals surface area contributed by atoms with E-state index in [0.29, 0.717) is 12.1 Å². The smallest absolute Gasteiger partial charge is 0.369 e. The van der Waals surface area contributed by atoms with Crippen LogP contribution in [0.15, 0.2) is 24.5 Å². The van der Waals surface area contributed by atoms with Crippen molar-refractivity contribution in [3.8, 4) is 11.4 Å². The lowest BCUT2D eigenvalue weighted by Gasteiger charge is -2.14. The molecule has 0 aliphatic carbocycles. The highest BCUT2D eigenvalue weighted by Gasteiger charge is 2.37. The number of benzene rings is 1. The molecule has 0 fully saturated rings. The van der Waals surface area contributed by atoms with Gasteiger partial charge in [0.05, 0.1) is 11.1 Å². The third-order valence-electron chi connectivity index (χ3n) is 3.12. The van der Waals surface area contributed by atoms with E-state index in [-0.39, 0.29) is 11.9 Å². The van der Waals surface area contributed by atoms with E-state index in [9.17, 15) is 31.1 Å². The van der Waals surface area contributed by atoms with Gasteiger partial charge in [-0.05, 0) is 18.2 Å². The highest BCUT2D eigenvalue weighted by atomic mass is 79.9. The standard InChI is InChI=1S/C13H8Br2F6N4O/c14-8(10(22)26)9(15)25-4-23-11(24-25)5-1-6(12(16,17)18)3-7(2-5)13(19,20)21/h1-4,8-9H,(H2,22,26). The van der Waals surface area contributed by atoms with Crippen molar-refractivity contribution in [2.75, 3.05) is 0 Å². The molecule has 1 aromatic carbocycles. The first-order valence-corrected chi connectivity index (χ1v) is 8.42. The number of carbonyl (C=O) groups is 1. The number of amides is 1. The third kappa shape index (κ3) is 4.55. The monoisotopic (exact) mass is 508 g/mol. The van der Waals surface area contributed by atoms with Crippen LogP contribution < -0.4 is 5.73 Å². The molecule has 0 saturated carbocycles. The maximum absolute atomic E-state index is 12.9. The van der Waals surface area contributed by atoms with Crippen molar-refractivity contribution in [1.29, 1.82) is 0 Å². The van der Waals surface area contributed by atoms with Gasteiger partial charge in [0, 0.05) is 5.56 Å². The van der Waals surface area contributed by atoms with Crippen LogP contribution in [0, 0.1) is 0 Å². The lowest BCUT2D eigenvalue weighted by Crippen LogP contribution is -2.29. The van der Waals surface area contributed by atoms with Gasteiger partial charge in [-0.1, -0.05) is 31.9 Å². The van der Waals surface area contributed by atoms with Crippen molar-refractivity contribution in [3.63, 3.8) is 0 Å². The maximum atomic E-state index is 12.9. The van der Waals surface area contributed by atoms with Crippen LogP contribution in [0.2, 0.25) is 0 Å². The summed E-state index contributed by atoms with van der Waals surface area (Å²) < 4.78 is 78.4. The van der Waals surface area contributed by atoms with Crippen LogP contribution in [-0.4, -0.2) is 25.5 Å². The Morgan fingerprint density at radius 2 is 1.54 bits per heavy atom. The van der Waals surface area contributed by atoms with Crippen LogP contribution in [0.5, 0.6) is 0 Å². The van der Waals surface area contributed by atoms with Crippen LogP contribution in [0.3, 0.4) is 0 Å². The fraction of sp³-hybridized carbons (Fsp3) is 0.308. The van der Waals surface area contributed by atoms with E-state index in [1.54, 1.807) is 0 Å². The number of nitrogens with zero attached hydrogens (tertiary/aromatic N) is 3. The Morgan fingerprint density at radius 3 is 1.96 bits per heavy atom. The molecule has 142 valence electrons. The van der Waals surface area contributed by atoms with E-state index in [2.05, 4.69) is 41.9 Å². The molecule has 1 heterocycles. The normalized spacial score (nSPS) is 14.9. The molecule has 0 radical (unpaired) electrons. The molecule has 0 saturated heterocycles. The first-order valence-electron chi connectivity index (χ1n) is 6.59. The van der Waals surface area contributed by atoms with E-state index >= 15 is 0 Å². The number of alkyl halides is 8. The SMILES string of the molecule is NC(=O)C(Br)C(Br)n1cnc(-c2cc(C(F)(F)F)cc(C(F)(F)F)c2)n1. The van der Waals surface area contributed by atoms with Crippen molar-refractivity contribution < 1.29 is 31.1 Å². The van der Waals surface area contributed by atoms with Crippen molar-refractivity contribution >= 4 is 37.8 Å². The maximum Gasteiger partial charge on any atom is 0.416 e. The molecule has 5 nitrogen and oxygen atoms in total. The minimum absolute atomic E-state index is 0.00931. The lowest BCUT2D eigenvalue weighted by atomic mass is 10.0.